The molecule has 1 saturated carbocycles. The molecule has 4 nitrogen and oxygen atoms in total. The van der Waals surface area contributed by atoms with Crippen molar-refractivity contribution in [2.24, 2.45) is 0 Å². The van der Waals surface area contributed by atoms with Crippen molar-refractivity contribution in [1.82, 2.24) is 9.78 Å². The molecule has 0 spiro atoms. The SMILES string of the molecule is O=C(Nc1ccn(-c2ccc(F)c(F)c2)n1)C1(c2cccs2)CC1. The van der Waals surface area contributed by atoms with Gasteiger partial charge < -0.3 is 5.32 Å². The van der Waals surface area contributed by atoms with Crippen molar-refractivity contribution in [3.63, 3.8) is 0 Å². The quantitative estimate of drug-likeness (QED) is 0.780. The first kappa shape index (κ1) is 15.0. The van der Waals surface area contributed by atoms with E-state index in [1.165, 1.54) is 10.7 Å². The van der Waals surface area contributed by atoms with E-state index in [-0.39, 0.29) is 5.91 Å². The summed E-state index contributed by atoms with van der Waals surface area (Å²) in [6, 6.07) is 9.06. The van der Waals surface area contributed by atoms with Gasteiger partial charge in [-0.05, 0) is 36.4 Å². The van der Waals surface area contributed by atoms with Crippen LogP contribution in [0.1, 0.15) is 17.7 Å². The number of aromatic nitrogens is 2. The van der Waals surface area contributed by atoms with Gasteiger partial charge in [0, 0.05) is 23.2 Å². The summed E-state index contributed by atoms with van der Waals surface area (Å²) in [6.07, 6.45) is 3.24. The second-order valence-corrected chi connectivity index (χ2v) is 6.71. The van der Waals surface area contributed by atoms with Crippen LogP contribution in [-0.4, -0.2) is 15.7 Å². The minimum Gasteiger partial charge on any atom is -0.308 e. The van der Waals surface area contributed by atoms with Gasteiger partial charge in [0.1, 0.15) is 0 Å². The van der Waals surface area contributed by atoms with Crippen LogP contribution in [0.5, 0.6) is 0 Å². The van der Waals surface area contributed by atoms with Crippen molar-refractivity contribution in [2.75, 3.05) is 5.32 Å². The van der Waals surface area contributed by atoms with Gasteiger partial charge in [-0.2, -0.15) is 5.10 Å². The number of carbonyl (C=O) groups excluding carboxylic acids is 1. The van der Waals surface area contributed by atoms with Crippen molar-refractivity contribution < 1.29 is 13.6 Å². The van der Waals surface area contributed by atoms with Gasteiger partial charge in [0.25, 0.3) is 0 Å². The average molecular weight is 345 g/mol. The molecule has 1 fully saturated rings. The topological polar surface area (TPSA) is 46.9 Å². The number of hydrogen-bond acceptors (Lipinski definition) is 3. The lowest BCUT2D eigenvalue weighted by Crippen LogP contribution is -2.27. The maximum atomic E-state index is 13.3. The van der Waals surface area contributed by atoms with E-state index in [1.807, 2.05) is 17.5 Å². The van der Waals surface area contributed by atoms with Crippen LogP contribution in [0.2, 0.25) is 0 Å². The minimum atomic E-state index is -0.941. The molecule has 1 aliphatic carbocycles. The molecule has 0 saturated heterocycles. The van der Waals surface area contributed by atoms with E-state index >= 15 is 0 Å². The highest BCUT2D eigenvalue weighted by molar-refractivity contribution is 7.10. The second kappa shape index (κ2) is 5.52. The first-order valence-corrected chi connectivity index (χ1v) is 8.33. The Hall–Kier alpha value is -2.54. The molecule has 0 bridgehead atoms. The van der Waals surface area contributed by atoms with Crippen molar-refractivity contribution in [2.45, 2.75) is 18.3 Å². The van der Waals surface area contributed by atoms with E-state index < -0.39 is 17.0 Å². The highest BCUT2D eigenvalue weighted by Gasteiger charge is 2.52. The number of anilines is 1. The lowest BCUT2D eigenvalue weighted by atomic mass is 10.0. The largest absolute Gasteiger partial charge is 0.308 e. The Morgan fingerprint density at radius 3 is 2.71 bits per heavy atom. The molecule has 1 aromatic carbocycles. The van der Waals surface area contributed by atoms with E-state index in [0.717, 1.165) is 29.9 Å². The number of halogens is 2. The van der Waals surface area contributed by atoms with E-state index in [0.29, 0.717) is 11.5 Å². The summed E-state index contributed by atoms with van der Waals surface area (Å²) < 4.78 is 27.7. The Labute approximate surface area is 140 Å². The zero-order chi connectivity index (χ0) is 16.7. The zero-order valence-electron chi connectivity index (χ0n) is 12.5. The van der Waals surface area contributed by atoms with Gasteiger partial charge in [-0.15, -0.1) is 11.3 Å². The standard InChI is InChI=1S/C17H13F2N3OS/c18-12-4-3-11(10-13(12)19)22-8-5-15(21-22)20-16(23)17(6-7-17)14-2-1-9-24-14/h1-5,8-10H,6-7H2,(H,20,21,23). The molecule has 2 heterocycles. The van der Waals surface area contributed by atoms with E-state index in [9.17, 15) is 13.6 Å². The van der Waals surface area contributed by atoms with Crippen molar-refractivity contribution in [3.8, 4) is 5.69 Å². The van der Waals surface area contributed by atoms with Crippen LogP contribution in [0.25, 0.3) is 5.69 Å². The second-order valence-electron chi connectivity index (χ2n) is 5.76. The van der Waals surface area contributed by atoms with Crippen LogP contribution in [-0.2, 0) is 10.2 Å². The lowest BCUT2D eigenvalue weighted by molar-refractivity contribution is -0.118. The highest BCUT2D eigenvalue weighted by Crippen LogP contribution is 2.50. The first-order chi connectivity index (χ1) is 11.6. The molecule has 1 amide bonds. The van der Waals surface area contributed by atoms with Gasteiger partial charge >= 0.3 is 0 Å². The van der Waals surface area contributed by atoms with E-state index in [1.54, 1.807) is 23.6 Å². The van der Waals surface area contributed by atoms with Gasteiger partial charge in [-0.3, -0.25) is 4.79 Å². The third-order valence-electron chi connectivity index (χ3n) is 4.18. The summed E-state index contributed by atoms with van der Waals surface area (Å²) in [5, 5.41) is 8.99. The molecule has 1 N–H and O–H groups in total. The average Bonchev–Trinajstić information content (AvgIpc) is 2.99. The fourth-order valence-electron chi connectivity index (χ4n) is 2.66. The molecule has 0 unspecified atom stereocenters. The summed E-state index contributed by atoms with van der Waals surface area (Å²) in [4.78, 5) is 13.6. The van der Waals surface area contributed by atoms with Crippen molar-refractivity contribution >= 4 is 23.1 Å². The van der Waals surface area contributed by atoms with E-state index in [2.05, 4.69) is 10.4 Å². The van der Waals surface area contributed by atoms with Crippen LogP contribution in [0.15, 0.2) is 48.0 Å². The highest BCUT2D eigenvalue weighted by atomic mass is 32.1. The van der Waals surface area contributed by atoms with Crippen LogP contribution in [0.3, 0.4) is 0 Å². The number of nitrogens with one attached hydrogen (secondary N) is 1. The maximum absolute atomic E-state index is 13.3. The normalized spacial score (nSPS) is 15.2. The molecule has 0 atom stereocenters. The Morgan fingerprint density at radius 2 is 2.04 bits per heavy atom. The van der Waals surface area contributed by atoms with Crippen LogP contribution in [0, 0.1) is 11.6 Å². The number of amides is 1. The first-order valence-electron chi connectivity index (χ1n) is 7.45. The van der Waals surface area contributed by atoms with Gasteiger partial charge in [-0.1, -0.05) is 6.07 Å². The number of carbonyl (C=O) groups is 1. The fourth-order valence-corrected chi connectivity index (χ4v) is 3.64. The summed E-state index contributed by atoms with van der Waals surface area (Å²) in [5.41, 5.74) is -0.0614. The van der Waals surface area contributed by atoms with Crippen LogP contribution < -0.4 is 5.32 Å². The smallest absolute Gasteiger partial charge is 0.237 e. The Morgan fingerprint density at radius 1 is 1.21 bits per heavy atom. The van der Waals surface area contributed by atoms with Crippen LogP contribution in [0.4, 0.5) is 14.6 Å². The Kier molecular flexibility index (Phi) is 3.45. The molecule has 2 aromatic heterocycles. The van der Waals surface area contributed by atoms with E-state index in [4.69, 9.17) is 0 Å². The summed E-state index contributed by atoms with van der Waals surface area (Å²) >= 11 is 1.57. The third-order valence-corrected chi connectivity index (χ3v) is 5.25. The predicted octanol–water partition coefficient (Wildman–Crippen LogP) is 3.88. The molecule has 24 heavy (non-hydrogen) atoms. The Bertz CT molecular complexity index is 900. The molecule has 0 radical (unpaired) electrons. The van der Waals surface area contributed by atoms with Crippen molar-refractivity contribution in [3.05, 3.63) is 64.5 Å². The maximum Gasteiger partial charge on any atom is 0.237 e. The van der Waals surface area contributed by atoms with Gasteiger partial charge in [0.05, 0.1) is 11.1 Å². The zero-order valence-corrected chi connectivity index (χ0v) is 13.3. The minimum absolute atomic E-state index is 0.0829. The molecular weight excluding hydrogens is 332 g/mol. The third kappa shape index (κ3) is 2.50. The molecule has 7 heteroatoms. The summed E-state index contributed by atoms with van der Waals surface area (Å²) in [5.74, 6) is -1.55. The summed E-state index contributed by atoms with van der Waals surface area (Å²) in [6.45, 7) is 0. The number of benzene rings is 1. The molecule has 0 aliphatic heterocycles. The summed E-state index contributed by atoms with van der Waals surface area (Å²) in [7, 11) is 0. The number of rotatable bonds is 4. The molecule has 3 aromatic rings. The number of thiophene rings is 1. The monoisotopic (exact) mass is 345 g/mol. The Balaban J connectivity index is 1.53. The molecule has 1 aliphatic rings. The lowest BCUT2D eigenvalue weighted by Gasteiger charge is -2.12. The van der Waals surface area contributed by atoms with Gasteiger partial charge in [-0.25, -0.2) is 13.5 Å². The van der Waals surface area contributed by atoms with Crippen molar-refractivity contribution in [1.29, 1.82) is 0 Å². The van der Waals surface area contributed by atoms with Crippen LogP contribution >= 0.6 is 11.3 Å². The van der Waals surface area contributed by atoms with Gasteiger partial charge in [0.2, 0.25) is 5.91 Å². The molecular formula is C17H13F2N3OS. The number of hydrogen-bond donors (Lipinski definition) is 1. The fraction of sp³-hybridized carbons (Fsp3) is 0.176. The predicted molar refractivity (Wildman–Crippen MR) is 87.3 cm³/mol. The molecule has 4 rings (SSSR count). The molecule has 122 valence electrons. The van der Waals surface area contributed by atoms with Gasteiger partial charge in [0.15, 0.2) is 17.5 Å². The number of nitrogens with zero attached hydrogens (tertiary/aromatic N) is 2.